The maximum atomic E-state index is 6.10. The molecule has 7 heteroatoms. The molecule has 0 radical (unpaired) electrons. The predicted molar refractivity (Wildman–Crippen MR) is 87.7 cm³/mol. The summed E-state index contributed by atoms with van der Waals surface area (Å²) in [6.45, 7) is 4.22. The van der Waals surface area contributed by atoms with Gasteiger partial charge >= 0.3 is 0 Å². The van der Waals surface area contributed by atoms with Crippen LogP contribution in [0.2, 0.25) is 0 Å². The molecule has 0 aliphatic rings. The number of benzene rings is 1. The van der Waals surface area contributed by atoms with E-state index in [1.807, 2.05) is 22.9 Å². The van der Waals surface area contributed by atoms with E-state index < -0.39 is 0 Å². The van der Waals surface area contributed by atoms with Gasteiger partial charge in [-0.3, -0.25) is 0 Å². The number of hydrogen-bond acceptors (Lipinski definition) is 6. The third kappa shape index (κ3) is 2.04. The molecule has 4 aromatic rings. The van der Waals surface area contributed by atoms with Crippen molar-refractivity contribution in [3.8, 4) is 11.3 Å². The number of rotatable bonds is 3. The maximum Gasteiger partial charge on any atom is 0.181 e. The van der Waals surface area contributed by atoms with E-state index in [-0.39, 0.29) is 6.04 Å². The van der Waals surface area contributed by atoms with Gasteiger partial charge in [0.05, 0.1) is 11.4 Å². The molecule has 4 rings (SSSR count). The van der Waals surface area contributed by atoms with Crippen LogP contribution in [-0.2, 0) is 0 Å². The number of nitrogens with two attached hydrogens (primary N) is 1. The van der Waals surface area contributed by atoms with Crippen LogP contribution in [0, 0.1) is 0 Å². The summed E-state index contributed by atoms with van der Waals surface area (Å²) in [5.41, 5.74) is 10.1. The SMILES string of the molecule is CCC(C)n1nc(-c2ccc3ocnc3c2)c2c(N)ncnc21. The van der Waals surface area contributed by atoms with Crippen LogP contribution in [0.15, 0.2) is 35.3 Å². The molecule has 7 nitrogen and oxygen atoms in total. The average Bonchev–Trinajstić information content (AvgIpc) is 3.18. The third-order valence-electron chi connectivity index (χ3n) is 4.13. The smallest absolute Gasteiger partial charge is 0.181 e. The minimum Gasteiger partial charge on any atom is -0.443 e. The largest absolute Gasteiger partial charge is 0.443 e. The first-order valence-corrected chi connectivity index (χ1v) is 7.51. The molecule has 1 atom stereocenters. The van der Waals surface area contributed by atoms with Gasteiger partial charge in [0.15, 0.2) is 17.6 Å². The van der Waals surface area contributed by atoms with E-state index in [0.29, 0.717) is 5.82 Å². The first kappa shape index (κ1) is 13.7. The summed E-state index contributed by atoms with van der Waals surface area (Å²) in [5.74, 6) is 0.430. The highest BCUT2D eigenvalue weighted by atomic mass is 16.3. The van der Waals surface area contributed by atoms with Gasteiger partial charge in [0, 0.05) is 5.56 Å². The van der Waals surface area contributed by atoms with E-state index in [2.05, 4.69) is 28.8 Å². The zero-order chi connectivity index (χ0) is 16.0. The Morgan fingerprint density at radius 2 is 2.13 bits per heavy atom. The van der Waals surface area contributed by atoms with Gasteiger partial charge in [-0.1, -0.05) is 6.92 Å². The molecule has 0 spiro atoms. The normalized spacial score (nSPS) is 13.0. The molecule has 3 heterocycles. The lowest BCUT2D eigenvalue weighted by Gasteiger charge is -2.09. The highest BCUT2D eigenvalue weighted by Crippen LogP contribution is 2.33. The summed E-state index contributed by atoms with van der Waals surface area (Å²) < 4.78 is 7.21. The molecule has 0 aliphatic carbocycles. The van der Waals surface area contributed by atoms with Crippen molar-refractivity contribution in [2.75, 3.05) is 5.73 Å². The summed E-state index contributed by atoms with van der Waals surface area (Å²) in [6.07, 6.45) is 3.85. The number of aromatic nitrogens is 5. The van der Waals surface area contributed by atoms with Gasteiger partial charge in [-0.15, -0.1) is 0 Å². The summed E-state index contributed by atoms with van der Waals surface area (Å²) in [4.78, 5) is 12.7. The van der Waals surface area contributed by atoms with Crippen LogP contribution in [0.25, 0.3) is 33.4 Å². The standard InChI is InChI=1S/C16H16N6O/c1-3-9(2)22-16-13(15(17)18-7-19-16)14(21-22)10-4-5-12-11(6-10)20-8-23-12/h4-9H,3H2,1-2H3,(H2,17,18,19). The third-order valence-corrected chi connectivity index (χ3v) is 4.13. The lowest BCUT2D eigenvalue weighted by molar-refractivity contribution is 0.491. The highest BCUT2D eigenvalue weighted by molar-refractivity contribution is 5.99. The summed E-state index contributed by atoms with van der Waals surface area (Å²) >= 11 is 0. The summed E-state index contributed by atoms with van der Waals surface area (Å²) in [5, 5.41) is 5.53. The van der Waals surface area contributed by atoms with Crippen molar-refractivity contribution < 1.29 is 4.42 Å². The lowest BCUT2D eigenvalue weighted by Crippen LogP contribution is -2.06. The second-order valence-electron chi connectivity index (χ2n) is 5.54. The zero-order valence-electron chi connectivity index (χ0n) is 12.9. The molecule has 2 N–H and O–H groups in total. The van der Waals surface area contributed by atoms with E-state index in [4.69, 9.17) is 15.2 Å². The second kappa shape index (κ2) is 5.05. The lowest BCUT2D eigenvalue weighted by atomic mass is 10.1. The quantitative estimate of drug-likeness (QED) is 0.624. The Balaban J connectivity index is 2.02. The van der Waals surface area contributed by atoms with Gasteiger partial charge in [-0.05, 0) is 31.5 Å². The number of nitrogen functional groups attached to an aromatic ring is 1. The van der Waals surface area contributed by atoms with Crippen LogP contribution in [0.4, 0.5) is 5.82 Å². The van der Waals surface area contributed by atoms with Gasteiger partial charge in [-0.25, -0.2) is 19.6 Å². The van der Waals surface area contributed by atoms with Gasteiger partial charge in [-0.2, -0.15) is 5.10 Å². The first-order valence-electron chi connectivity index (χ1n) is 7.51. The summed E-state index contributed by atoms with van der Waals surface area (Å²) in [7, 11) is 0. The number of oxazole rings is 1. The monoisotopic (exact) mass is 308 g/mol. The molecule has 0 amide bonds. The zero-order valence-corrected chi connectivity index (χ0v) is 12.9. The number of nitrogens with zero attached hydrogens (tertiary/aromatic N) is 5. The average molecular weight is 308 g/mol. The fourth-order valence-corrected chi connectivity index (χ4v) is 2.68. The summed E-state index contributed by atoms with van der Waals surface area (Å²) in [6, 6.07) is 5.99. The minimum atomic E-state index is 0.219. The van der Waals surface area contributed by atoms with Crippen molar-refractivity contribution >= 4 is 28.0 Å². The Labute approximate surface area is 132 Å². The van der Waals surface area contributed by atoms with E-state index in [0.717, 1.165) is 39.8 Å². The molecule has 3 aromatic heterocycles. The highest BCUT2D eigenvalue weighted by Gasteiger charge is 2.19. The van der Waals surface area contributed by atoms with Gasteiger partial charge in [0.2, 0.25) is 0 Å². The van der Waals surface area contributed by atoms with E-state index >= 15 is 0 Å². The van der Waals surface area contributed by atoms with Gasteiger partial charge in [0.1, 0.15) is 23.4 Å². The Morgan fingerprint density at radius 3 is 2.96 bits per heavy atom. The van der Waals surface area contributed by atoms with E-state index in [1.165, 1.54) is 12.7 Å². The van der Waals surface area contributed by atoms with Crippen LogP contribution in [0.1, 0.15) is 26.3 Å². The van der Waals surface area contributed by atoms with E-state index in [1.54, 1.807) is 0 Å². The Kier molecular flexibility index (Phi) is 3.00. The number of hydrogen-bond donors (Lipinski definition) is 1. The van der Waals surface area contributed by atoms with Crippen molar-refractivity contribution in [3.05, 3.63) is 30.9 Å². The first-order chi connectivity index (χ1) is 11.2. The molecule has 116 valence electrons. The van der Waals surface area contributed by atoms with Gasteiger partial charge in [0.25, 0.3) is 0 Å². The molecule has 1 unspecified atom stereocenters. The molecule has 0 saturated heterocycles. The topological polar surface area (TPSA) is 95.7 Å². The van der Waals surface area contributed by atoms with Crippen LogP contribution in [0.3, 0.4) is 0 Å². The van der Waals surface area contributed by atoms with Gasteiger partial charge < -0.3 is 10.2 Å². The molecule has 23 heavy (non-hydrogen) atoms. The number of fused-ring (bicyclic) bond motifs is 2. The van der Waals surface area contributed by atoms with Crippen LogP contribution < -0.4 is 5.73 Å². The molecule has 0 aliphatic heterocycles. The van der Waals surface area contributed by atoms with Crippen molar-refractivity contribution in [1.82, 2.24) is 24.7 Å². The van der Waals surface area contributed by atoms with E-state index in [9.17, 15) is 0 Å². The molecule has 0 fully saturated rings. The van der Waals surface area contributed by atoms with Crippen molar-refractivity contribution in [2.45, 2.75) is 26.3 Å². The molecule has 1 aromatic carbocycles. The molecule has 0 bridgehead atoms. The molecular weight excluding hydrogens is 292 g/mol. The fraction of sp³-hybridized carbons (Fsp3) is 0.250. The Bertz CT molecular complexity index is 1000. The van der Waals surface area contributed by atoms with Crippen LogP contribution in [0.5, 0.6) is 0 Å². The van der Waals surface area contributed by atoms with Crippen molar-refractivity contribution in [1.29, 1.82) is 0 Å². The molecular formula is C16H16N6O. The second-order valence-corrected chi connectivity index (χ2v) is 5.54. The minimum absolute atomic E-state index is 0.219. The molecule has 0 saturated carbocycles. The van der Waals surface area contributed by atoms with Crippen molar-refractivity contribution in [3.63, 3.8) is 0 Å². The van der Waals surface area contributed by atoms with Crippen molar-refractivity contribution in [2.24, 2.45) is 0 Å². The van der Waals surface area contributed by atoms with Crippen LogP contribution >= 0.6 is 0 Å². The Morgan fingerprint density at radius 1 is 1.26 bits per heavy atom. The fourth-order valence-electron chi connectivity index (χ4n) is 2.68. The number of anilines is 1. The van der Waals surface area contributed by atoms with Crippen LogP contribution in [-0.4, -0.2) is 24.7 Å². The maximum absolute atomic E-state index is 6.10. The Hall–Kier alpha value is -2.96. The predicted octanol–water partition coefficient (Wildman–Crippen LogP) is 3.19.